The first kappa shape index (κ1) is 13.7. The Morgan fingerprint density at radius 3 is 2.71 bits per heavy atom. The van der Waals surface area contributed by atoms with E-state index in [2.05, 4.69) is 11.6 Å². The molecule has 1 aromatic heterocycles. The summed E-state index contributed by atoms with van der Waals surface area (Å²) in [6.07, 6.45) is 0.755. The summed E-state index contributed by atoms with van der Waals surface area (Å²) in [6.45, 7) is 8.20. The van der Waals surface area contributed by atoms with Crippen LogP contribution in [0.15, 0.2) is 24.3 Å². The van der Waals surface area contributed by atoms with Gasteiger partial charge < -0.3 is 4.90 Å². The molecule has 1 aromatic rings. The predicted molar refractivity (Wildman–Crippen MR) is 70.4 cm³/mol. The standard InChI is InChI=1S/C13H17ClN2O/c1-5-11-6-10(7-12(14)15-11)13(17)16(4)8-9(2)3/h6-7H,2,5,8H2,1,3-4H3. The minimum Gasteiger partial charge on any atom is -0.338 e. The lowest BCUT2D eigenvalue weighted by atomic mass is 10.1. The van der Waals surface area contributed by atoms with Gasteiger partial charge >= 0.3 is 0 Å². The highest BCUT2D eigenvalue weighted by Crippen LogP contribution is 2.13. The summed E-state index contributed by atoms with van der Waals surface area (Å²) in [5.41, 5.74) is 2.34. The third-order valence-electron chi connectivity index (χ3n) is 2.31. The van der Waals surface area contributed by atoms with E-state index in [9.17, 15) is 4.79 Å². The number of halogens is 1. The zero-order valence-electron chi connectivity index (χ0n) is 10.5. The number of carbonyl (C=O) groups excluding carboxylic acids is 1. The van der Waals surface area contributed by atoms with E-state index >= 15 is 0 Å². The van der Waals surface area contributed by atoms with Crippen molar-refractivity contribution in [3.63, 3.8) is 0 Å². The Morgan fingerprint density at radius 2 is 2.18 bits per heavy atom. The second-order valence-electron chi connectivity index (χ2n) is 4.14. The lowest BCUT2D eigenvalue weighted by molar-refractivity contribution is 0.0806. The molecule has 0 saturated heterocycles. The summed E-state index contributed by atoms with van der Waals surface area (Å²) in [5.74, 6) is -0.0630. The Hall–Kier alpha value is -1.35. The predicted octanol–water partition coefficient (Wildman–Crippen LogP) is 2.95. The summed E-state index contributed by atoms with van der Waals surface area (Å²) in [7, 11) is 1.75. The quantitative estimate of drug-likeness (QED) is 0.610. The molecule has 0 bridgehead atoms. The van der Waals surface area contributed by atoms with E-state index in [-0.39, 0.29) is 5.91 Å². The van der Waals surface area contributed by atoms with Crippen molar-refractivity contribution in [3.05, 3.63) is 40.7 Å². The summed E-state index contributed by atoms with van der Waals surface area (Å²) in [5, 5.41) is 0.358. The third kappa shape index (κ3) is 3.86. The molecule has 0 saturated carbocycles. The van der Waals surface area contributed by atoms with Crippen LogP contribution in [-0.2, 0) is 6.42 Å². The van der Waals surface area contributed by atoms with Crippen molar-refractivity contribution in [2.45, 2.75) is 20.3 Å². The van der Waals surface area contributed by atoms with Gasteiger partial charge in [0.15, 0.2) is 0 Å². The molecule has 1 rings (SSSR count). The van der Waals surface area contributed by atoms with Crippen LogP contribution in [0.4, 0.5) is 0 Å². The molecule has 0 aliphatic carbocycles. The lowest BCUT2D eigenvalue weighted by Gasteiger charge is -2.17. The van der Waals surface area contributed by atoms with Gasteiger partial charge in [-0.05, 0) is 25.5 Å². The average molecular weight is 253 g/mol. The van der Waals surface area contributed by atoms with Crippen LogP contribution in [0.2, 0.25) is 5.15 Å². The molecule has 92 valence electrons. The van der Waals surface area contributed by atoms with E-state index in [1.807, 2.05) is 13.8 Å². The van der Waals surface area contributed by atoms with Gasteiger partial charge in [0, 0.05) is 24.8 Å². The average Bonchev–Trinajstić information content (AvgIpc) is 2.26. The topological polar surface area (TPSA) is 33.2 Å². The highest BCUT2D eigenvalue weighted by Gasteiger charge is 2.13. The number of aromatic nitrogens is 1. The first-order valence-corrected chi connectivity index (χ1v) is 5.88. The molecule has 1 heterocycles. The molecular weight excluding hydrogens is 236 g/mol. The Labute approximate surface area is 107 Å². The minimum absolute atomic E-state index is 0.0630. The maximum Gasteiger partial charge on any atom is 0.254 e. The van der Waals surface area contributed by atoms with Crippen LogP contribution in [0, 0.1) is 0 Å². The molecular formula is C13H17ClN2O. The van der Waals surface area contributed by atoms with Crippen LogP contribution in [0.3, 0.4) is 0 Å². The molecule has 4 heteroatoms. The zero-order chi connectivity index (χ0) is 13.0. The van der Waals surface area contributed by atoms with Crippen LogP contribution < -0.4 is 0 Å². The van der Waals surface area contributed by atoms with E-state index in [1.165, 1.54) is 0 Å². The number of pyridine rings is 1. The number of hydrogen-bond acceptors (Lipinski definition) is 2. The fourth-order valence-corrected chi connectivity index (χ4v) is 1.78. The highest BCUT2D eigenvalue weighted by atomic mass is 35.5. The number of carbonyl (C=O) groups is 1. The molecule has 0 radical (unpaired) electrons. The monoisotopic (exact) mass is 252 g/mol. The first-order chi connectivity index (χ1) is 7.93. The lowest BCUT2D eigenvalue weighted by Crippen LogP contribution is -2.28. The van der Waals surface area contributed by atoms with E-state index in [0.717, 1.165) is 17.7 Å². The Balaban J connectivity index is 2.95. The fourth-order valence-electron chi connectivity index (χ4n) is 1.55. The van der Waals surface area contributed by atoms with Crippen LogP contribution in [-0.4, -0.2) is 29.4 Å². The van der Waals surface area contributed by atoms with Crippen molar-refractivity contribution in [1.29, 1.82) is 0 Å². The smallest absolute Gasteiger partial charge is 0.254 e. The van der Waals surface area contributed by atoms with Crippen molar-refractivity contribution >= 4 is 17.5 Å². The fraction of sp³-hybridized carbons (Fsp3) is 0.385. The molecule has 0 fully saturated rings. The van der Waals surface area contributed by atoms with E-state index in [1.54, 1.807) is 24.1 Å². The van der Waals surface area contributed by atoms with Gasteiger partial charge in [-0.3, -0.25) is 4.79 Å². The van der Waals surface area contributed by atoms with Gasteiger partial charge in [-0.25, -0.2) is 4.98 Å². The normalized spacial score (nSPS) is 10.1. The molecule has 0 aliphatic rings. The van der Waals surface area contributed by atoms with Crippen molar-refractivity contribution < 1.29 is 4.79 Å². The Bertz CT molecular complexity index is 443. The maximum atomic E-state index is 12.1. The van der Waals surface area contributed by atoms with Crippen molar-refractivity contribution in [2.75, 3.05) is 13.6 Å². The second kappa shape index (κ2) is 5.82. The van der Waals surface area contributed by atoms with Gasteiger partial charge in [-0.15, -0.1) is 0 Å². The Morgan fingerprint density at radius 1 is 1.53 bits per heavy atom. The zero-order valence-corrected chi connectivity index (χ0v) is 11.2. The van der Waals surface area contributed by atoms with Gasteiger partial charge in [0.25, 0.3) is 5.91 Å². The SMILES string of the molecule is C=C(C)CN(C)C(=O)c1cc(Cl)nc(CC)c1. The Kier molecular flexibility index (Phi) is 4.70. The summed E-state index contributed by atoms with van der Waals surface area (Å²) in [6, 6.07) is 3.38. The summed E-state index contributed by atoms with van der Waals surface area (Å²) >= 11 is 5.88. The molecule has 0 atom stereocenters. The second-order valence-corrected chi connectivity index (χ2v) is 4.53. The van der Waals surface area contributed by atoms with E-state index < -0.39 is 0 Å². The van der Waals surface area contributed by atoms with Crippen molar-refractivity contribution in [2.24, 2.45) is 0 Å². The number of rotatable bonds is 4. The van der Waals surface area contributed by atoms with Gasteiger partial charge in [-0.1, -0.05) is 30.7 Å². The van der Waals surface area contributed by atoms with Crippen LogP contribution in [0.1, 0.15) is 29.9 Å². The van der Waals surface area contributed by atoms with Gasteiger partial charge in [-0.2, -0.15) is 0 Å². The summed E-state index contributed by atoms with van der Waals surface area (Å²) < 4.78 is 0. The van der Waals surface area contributed by atoms with Gasteiger partial charge in [0.05, 0.1) is 0 Å². The number of nitrogens with zero attached hydrogens (tertiary/aromatic N) is 2. The first-order valence-electron chi connectivity index (χ1n) is 5.50. The molecule has 0 N–H and O–H groups in total. The van der Waals surface area contributed by atoms with Crippen LogP contribution in [0.25, 0.3) is 0 Å². The minimum atomic E-state index is -0.0630. The van der Waals surface area contributed by atoms with Crippen molar-refractivity contribution in [3.8, 4) is 0 Å². The number of likely N-dealkylation sites (N-methyl/N-ethyl adjacent to an activating group) is 1. The van der Waals surface area contributed by atoms with Crippen molar-refractivity contribution in [1.82, 2.24) is 9.88 Å². The largest absolute Gasteiger partial charge is 0.338 e. The van der Waals surface area contributed by atoms with Crippen LogP contribution in [0.5, 0.6) is 0 Å². The molecule has 0 aromatic carbocycles. The van der Waals surface area contributed by atoms with Gasteiger partial charge in [0.2, 0.25) is 0 Å². The third-order valence-corrected chi connectivity index (χ3v) is 2.50. The highest BCUT2D eigenvalue weighted by molar-refractivity contribution is 6.29. The van der Waals surface area contributed by atoms with E-state index in [4.69, 9.17) is 11.6 Å². The molecule has 0 spiro atoms. The molecule has 17 heavy (non-hydrogen) atoms. The number of hydrogen-bond donors (Lipinski definition) is 0. The molecule has 0 aliphatic heterocycles. The molecule has 0 unspecified atom stereocenters. The maximum absolute atomic E-state index is 12.1. The number of amides is 1. The van der Waals surface area contributed by atoms with Gasteiger partial charge in [0.1, 0.15) is 5.15 Å². The molecule has 3 nitrogen and oxygen atoms in total. The number of aryl methyl sites for hydroxylation is 1. The van der Waals surface area contributed by atoms with E-state index in [0.29, 0.717) is 17.3 Å². The van der Waals surface area contributed by atoms with Crippen LogP contribution >= 0.6 is 11.6 Å². The summed E-state index contributed by atoms with van der Waals surface area (Å²) in [4.78, 5) is 17.8. The molecule has 1 amide bonds.